The number of hydrogen-bond donors (Lipinski definition) is 21. The fraction of sp³-hybridized carbons (Fsp3) is 1.00. The Balaban J connectivity index is -0.000000118. The highest BCUT2D eigenvalue weighted by Gasteiger charge is 2.47. The highest BCUT2D eigenvalue weighted by atomic mass is 31.2. The van der Waals surface area contributed by atoms with E-state index in [1.807, 2.05) is 0 Å². The first kappa shape index (κ1) is 47.1. The van der Waals surface area contributed by atoms with Gasteiger partial charge < -0.3 is 104 Å². The van der Waals surface area contributed by atoms with Gasteiger partial charge in [0.2, 0.25) is 0 Å². The second-order valence-corrected chi connectivity index (χ2v) is 10.6. The van der Waals surface area contributed by atoms with Crippen LogP contribution in [0.4, 0.5) is 0 Å². The second kappa shape index (κ2) is 19.4. The van der Waals surface area contributed by atoms with Crippen LogP contribution in [-0.2, 0) is 22.8 Å². The van der Waals surface area contributed by atoms with Gasteiger partial charge in [-0.1, -0.05) is 0 Å². The van der Waals surface area contributed by atoms with Gasteiger partial charge in [0.15, 0.2) is 0 Å². The zero-order valence-corrected chi connectivity index (χ0v) is 21.6. The predicted octanol–water partition coefficient (Wildman–Crippen LogP) is -8.48. The van der Waals surface area contributed by atoms with E-state index in [1.165, 1.54) is 0 Å². The Bertz CT molecular complexity index is 595. The molecule has 1 fully saturated rings. The number of aliphatic hydroxyl groups excluding tert-OH is 6. The predicted molar refractivity (Wildman–Crippen MR) is 107 cm³/mol. The molecule has 0 amide bonds. The molecule has 0 bridgehead atoms. The fourth-order valence-electron chi connectivity index (χ4n) is 1.21. The highest BCUT2D eigenvalue weighted by Crippen LogP contribution is 2.27. The van der Waals surface area contributed by atoms with E-state index in [0.29, 0.717) is 0 Å². The summed E-state index contributed by atoms with van der Waals surface area (Å²) in [7, 11) is -23.2. The molecule has 0 radical (unpaired) electrons. The lowest BCUT2D eigenvalue weighted by Gasteiger charge is -2.39. The topological polar surface area (TPSA) is 510 Å². The van der Waals surface area contributed by atoms with Crippen molar-refractivity contribution < 1.29 is 127 Å². The summed E-state index contributed by atoms with van der Waals surface area (Å²) in [6.45, 7) is 0. The zero-order valence-electron chi connectivity index (χ0n) is 17.1. The standard InChI is InChI=1S/C6H12O6.5H3O4P/c7-1-2(8)4(10)6(12)5(11)3(1)9;5*1-5(2,3)4/h1-12H;5*(H3,1,2,3,4)/t1-,2-,3-,4+,5-,6-;;;;;. The van der Waals surface area contributed by atoms with Crippen molar-refractivity contribution in [1.29, 1.82) is 0 Å². The average Bonchev–Trinajstić information content (AvgIpc) is 2.49. The molecule has 0 aromatic carbocycles. The van der Waals surface area contributed by atoms with Crippen molar-refractivity contribution in [2.24, 2.45) is 0 Å². The summed E-state index contributed by atoms with van der Waals surface area (Å²) < 4.78 is 44.4. The molecule has 232 valence electrons. The van der Waals surface area contributed by atoms with Crippen molar-refractivity contribution in [2.45, 2.75) is 36.6 Å². The molecule has 1 aliphatic rings. The van der Waals surface area contributed by atoms with Crippen LogP contribution in [0.3, 0.4) is 0 Å². The summed E-state index contributed by atoms with van der Waals surface area (Å²) >= 11 is 0. The lowest BCUT2D eigenvalue weighted by molar-refractivity contribution is -0.223. The Kier molecular flexibility index (Phi) is 24.7. The zero-order chi connectivity index (χ0) is 32.0. The van der Waals surface area contributed by atoms with Crippen LogP contribution < -0.4 is 0 Å². The van der Waals surface area contributed by atoms with Crippen molar-refractivity contribution >= 4 is 39.1 Å². The third-order valence-corrected chi connectivity index (χ3v) is 2.10. The first-order valence-electron chi connectivity index (χ1n) is 7.46. The Morgan fingerprint density at radius 2 is 0.270 bits per heavy atom. The molecule has 1 saturated carbocycles. The van der Waals surface area contributed by atoms with Crippen LogP contribution in [0, 0.1) is 0 Å². The van der Waals surface area contributed by atoms with Crippen LogP contribution in [-0.4, -0.2) is 141 Å². The quantitative estimate of drug-likeness (QED) is 0.106. The summed E-state index contributed by atoms with van der Waals surface area (Å²) in [5.41, 5.74) is 0. The van der Waals surface area contributed by atoms with E-state index in [9.17, 15) is 0 Å². The molecule has 1 aliphatic carbocycles. The second-order valence-electron chi connectivity index (χ2n) is 5.51. The maximum Gasteiger partial charge on any atom is 0.466 e. The van der Waals surface area contributed by atoms with E-state index in [1.54, 1.807) is 0 Å². The molecule has 1 rings (SSSR count). The van der Waals surface area contributed by atoms with E-state index in [-0.39, 0.29) is 0 Å². The summed E-state index contributed by atoms with van der Waals surface area (Å²) in [6, 6.07) is 0. The molecular weight excluding hydrogens is 643 g/mol. The van der Waals surface area contributed by atoms with Gasteiger partial charge in [-0.05, 0) is 0 Å². The molecule has 0 atom stereocenters. The third-order valence-electron chi connectivity index (χ3n) is 2.10. The minimum Gasteiger partial charge on any atom is -0.387 e. The summed E-state index contributed by atoms with van der Waals surface area (Å²) in [5.74, 6) is 0. The van der Waals surface area contributed by atoms with Gasteiger partial charge in [0.25, 0.3) is 0 Å². The number of rotatable bonds is 0. The minimum absolute atomic E-state index is 1.64. The van der Waals surface area contributed by atoms with Gasteiger partial charge in [-0.3, -0.25) is 0 Å². The van der Waals surface area contributed by atoms with Crippen molar-refractivity contribution in [3.05, 3.63) is 0 Å². The third kappa shape index (κ3) is 72.3. The van der Waals surface area contributed by atoms with Crippen LogP contribution in [0.2, 0.25) is 0 Å². The van der Waals surface area contributed by atoms with E-state index in [4.69, 9.17) is 127 Å². The lowest BCUT2D eigenvalue weighted by atomic mass is 9.85. The largest absolute Gasteiger partial charge is 0.466 e. The molecule has 0 heterocycles. The van der Waals surface area contributed by atoms with E-state index in [0.717, 1.165) is 0 Å². The van der Waals surface area contributed by atoms with E-state index < -0.39 is 75.7 Å². The Hall–Kier alpha value is 0.310. The van der Waals surface area contributed by atoms with Crippen LogP contribution in [0.1, 0.15) is 0 Å². The van der Waals surface area contributed by atoms with Crippen molar-refractivity contribution in [3.8, 4) is 0 Å². The Morgan fingerprint density at radius 3 is 0.297 bits per heavy atom. The highest BCUT2D eigenvalue weighted by molar-refractivity contribution is 7.46. The van der Waals surface area contributed by atoms with Crippen molar-refractivity contribution in [3.63, 3.8) is 0 Å². The molecule has 31 heteroatoms. The molecule has 0 aromatic heterocycles. The first-order chi connectivity index (χ1) is 15.5. The average molecular weight is 670 g/mol. The van der Waals surface area contributed by atoms with E-state index >= 15 is 0 Å². The number of aliphatic hydroxyl groups is 6. The van der Waals surface area contributed by atoms with Crippen molar-refractivity contribution in [2.75, 3.05) is 0 Å². The van der Waals surface area contributed by atoms with Gasteiger partial charge in [0.05, 0.1) is 0 Å². The van der Waals surface area contributed by atoms with Crippen molar-refractivity contribution in [1.82, 2.24) is 0 Å². The first-order valence-corrected chi connectivity index (χ1v) is 15.3. The van der Waals surface area contributed by atoms with Gasteiger partial charge in [-0.2, -0.15) is 0 Å². The Morgan fingerprint density at radius 1 is 0.243 bits per heavy atom. The van der Waals surface area contributed by atoms with Crippen LogP contribution in [0.5, 0.6) is 0 Å². The van der Waals surface area contributed by atoms with Crippen LogP contribution in [0.25, 0.3) is 0 Å². The SMILES string of the molecule is O=P(O)(O)O.O=P(O)(O)O.O=P(O)(O)O.O=P(O)(O)O.O=P(O)(O)O.O[C@H]1[C@H](O)[C@@H](O)[C@H](O)[C@@H](O)[C@H]1O. The summed E-state index contributed by atoms with van der Waals surface area (Å²) in [5, 5.41) is 53.8. The van der Waals surface area contributed by atoms with Crippen LogP contribution in [0.15, 0.2) is 0 Å². The summed E-state index contributed by atoms with van der Waals surface area (Å²) in [4.78, 5) is 108. The molecule has 0 saturated heterocycles. The molecule has 0 aromatic rings. The monoisotopic (exact) mass is 670 g/mol. The van der Waals surface area contributed by atoms with Gasteiger partial charge in [-0.25, -0.2) is 22.8 Å². The van der Waals surface area contributed by atoms with Gasteiger partial charge >= 0.3 is 39.1 Å². The lowest BCUT2D eigenvalue weighted by Crippen LogP contribution is -2.63. The van der Waals surface area contributed by atoms with Gasteiger partial charge in [-0.15, -0.1) is 0 Å². The molecule has 21 N–H and O–H groups in total. The molecule has 37 heavy (non-hydrogen) atoms. The van der Waals surface area contributed by atoms with E-state index in [2.05, 4.69) is 0 Å². The Labute approximate surface area is 203 Å². The molecule has 0 unspecified atom stereocenters. The van der Waals surface area contributed by atoms with Gasteiger partial charge in [0, 0.05) is 0 Å². The number of phosphoric acid groups is 5. The fourth-order valence-corrected chi connectivity index (χ4v) is 1.21. The maximum atomic E-state index is 8.97. The molecule has 0 aliphatic heterocycles. The molecule has 0 spiro atoms. The molecule has 26 nitrogen and oxygen atoms in total. The maximum absolute atomic E-state index is 8.97. The summed E-state index contributed by atoms with van der Waals surface area (Å²) in [6.07, 6.45) is -9.84. The minimum atomic E-state index is -4.64. The number of hydrogen-bond acceptors (Lipinski definition) is 11. The van der Waals surface area contributed by atoms with Crippen LogP contribution >= 0.6 is 39.1 Å². The smallest absolute Gasteiger partial charge is 0.387 e. The molecular formula is C6H27O26P5. The van der Waals surface area contributed by atoms with Gasteiger partial charge in [0.1, 0.15) is 36.6 Å². The normalized spacial score (nSPS) is 26.0.